The number of halogens is 3. The van der Waals surface area contributed by atoms with E-state index < -0.39 is 42.4 Å². The van der Waals surface area contributed by atoms with Crippen LogP contribution in [0.15, 0.2) is 40.3 Å². The molecule has 3 aromatic rings. The lowest BCUT2D eigenvalue weighted by atomic mass is 10.1. The summed E-state index contributed by atoms with van der Waals surface area (Å²) in [5, 5.41) is -0.196. The van der Waals surface area contributed by atoms with Crippen molar-refractivity contribution in [2.24, 2.45) is 7.05 Å². The van der Waals surface area contributed by atoms with E-state index in [1.54, 1.807) is 36.6 Å². The Morgan fingerprint density at radius 2 is 1.85 bits per heavy atom. The molecule has 2 aromatic heterocycles. The third kappa shape index (κ3) is 5.05. The molecule has 0 aliphatic rings. The van der Waals surface area contributed by atoms with E-state index in [0.717, 1.165) is 20.9 Å². The Morgan fingerprint density at radius 3 is 2.42 bits per heavy atom. The van der Waals surface area contributed by atoms with E-state index in [1.807, 2.05) is 0 Å². The second-order valence-corrected chi connectivity index (χ2v) is 7.61. The molecule has 0 aliphatic carbocycles. The van der Waals surface area contributed by atoms with Crippen molar-refractivity contribution in [1.29, 1.82) is 0 Å². The Labute approximate surface area is 190 Å². The number of esters is 1. The Hall–Kier alpha value is -3.28. The molecule has 2 heterocycles. The summed E-state index contributed by atoms with van der Waals surface area (Å²) < 4.78 is 50.7. The SMILES string of the molecule is CCOC(=O)c1c(OCC(F)(F)F)c2c(=O)n(CC(=O)c3ccccc3)c(SC)nc2n1C. The molecule has 0 atom stereocenters. The molecule has 0 saturated heterocycles. The van der Waals surface area contributed by atoms with Gasteiger partial charge in [-0.05, 0) is 13.2 Å². The standard InChI is InChI=1S/C21H20F3N3O5S/c1-4-31-19(30)15-16(32-11-21(22,23)24)14-17(26(15)2)25-20(33-3)27(18(14)29)10-13(28)12-8-6-5-7-9-12/h5-9H,4,10-11H2,1-3H3. The number of fused-ring (bicyclic) bond motifs is 1. The number of thioether (sulfide) groups is 1. The lowest BCUT2D eigenvalue weighted by Gasteiger charge is -2.12. The molecule has 3 rings (SSSR count). The van der Waals surface area contributed by atoms with Crippen molar-refractivity contribution in [2.45, 2.75) is 24.8 Å². The van der Waals surface area contributed by atoms with Crippen LogP contribution in [0.1, 0.15) is 27.8 Å². The van der Waals surface area contributed by atoms with Crippen molar-refractivity contribution in [3.05, 3.63) is 51.9 Å². The molecular weight excluding hydrogens is 463 g/mol. The van der Waals surface area contributed by atoms with E-state index in [9.17, 15) is 27.6 Å². The topological polar surface area (TPSA) is 92.4 Å². The second-order valence-electron chi connectivity index (χ2n) is 6.84. The zero-order valence-electron chi connectivity index (χ0n) is 17.9. The van der Waals surface area contributed by atoms with E-state index >= 15 is 0 Å². The predicted octanol–water partition coefficient (Wildman–Crippen LogP) is 3.46. The molecule has 0 spiro atoms. The van der Waals surface area contributed by atoms with Crippen LogP contribution in [-0.2, 0) is 18.3 Å². The maximum atomic E-state index is 13.4. The number of aromatic nitrogens is 3. The molecule has 0 unspecified atom stereocenters. The van der Waals surface area contributed by atoms with Gasteiger partial charge in [0.1, 0.15) is 5.39 Å². The van der Waals surface area contributed by atoms with Gasteiger partial charge in [0, 0.05) is 12.6 Å². The van der Waals surface area contributed by atoms with Crippen LogP contribution >= 0.6 is 11.8 Å². The molecule has 0 N–H and O–H groups in total. The number of Topliss-reactive ketones (excluding diaryl/α,β-unsaturated/α-hetero) is 1. The summed E-state index contributed by atoms with van der Waals surface area (Å²) in [7, 11) is 1.37. The van der Waals surface area contributed by atoms with Gasteiger partial charge in [0.05, 0.1) is 13.2 Å². The largest absolute Gasteiger partial charge is 0.481 e. The fourth-order valence-electron chi connectivity index (χ4n) is 3.22. The zero-order chi connectivity index (χ0) is 24.3. The van der Waals surface area contributed by atoms with Gasteiger partial charge in [0.15, 0.2) is 34.6 Å². The van der Waals surface area contributed by atoms with Crippen molar-refractivity contribution >= 4 is 34.5 Å². The van der Waals surface area contributed by atoms with Gasteiger partial charge in [0.25, 0.3) is 5.56 Å². The average molecular weight is 483 g/mol. The van der Waals surface area contributed by atoms with Gasteiger partial charge in [-0.3, -0.25) is 14.2 Å². The number of aryl methyl sites for hydroxylation is 1. The van der Waals surface area contributed by atoms with Crippen LogP contribution in [0.2, 0.25) is 0 Å². The van der Waals surface area contributed by atoms with Gasteiger partial charge < -0.3 is 14.0 Å². The van der Waals surface area contributed by atoms with Crippen LogP contribution in [0.3, 0.4) is 0 Å². The zero-order valence-corrected chi connectivity index (χ0v) is 18.7. The van der Waals surface area contributed by atoms with Crippen LogP contribution in [0.25, 0.3) is 11.0 Å². The minimum atomic E-state index is -4.72. The molecule has 0 radical (unpaired) electrons. The molecule has 0 aliphatic heterocycles. The van der Waals surface area contributed by atoms with E-state index in [4.69, 9.17) is 9.47 Å². The number of alkyl halides is 3. The first kappa shape index (κ1) is 24.4. The van der Waals surface area contributed by atoms with Crippen LogP contribution in [0.4, 0.5) is 13.2 Å². The summed E-state index contributed by atoms with van der Waals surface area (Å²) >= 11 is 1.07. The summed E-state index contributed by atoms with van der Waals surface area (Å²) in [6.45, 7) is -0.642. The molecule has 33 heavy (non-hydrogen) atoms. The van der Waals surface area contributed by atoms with Crippen LogP contribution in [0, 0.1) is 0 Å². The van der Waals surface area contributed by atoms with Crippen LogP contribution in [-0.4, -0.2) is 51.5 Å². The molecule has 8 nitrogen and oxygen atoms in total. The second kappa shape index (κ2) is 9.69. The molecule has 176 valence electrons. The maximum Gasteiger partial charge on any atom is 0.422 e. The summed E-state index contributed by atoms with van der Waals surface area (Å²) in [4.78, 5) is 42.9. The van der Waals surface area contributed by atoms with Crippen molar-refractivity contribution in [3.63, 3.8) is 0 Å². The monoisotopic (exact) mass is 483 g/mol. The highest BCUT2D eigenvalue weighted by Gasteiger charge is 2.34. The molecule has 1 aromatic carbocycles. The van der Waals surface area contributed by atoms with Crippen molar-refractivity contribution < 1.29 is 32.2 Å². The fraction of sp³-hybridized carbons (Fsp3) is 0.333. The molecule has 0 fully saturated rings. The summed E-state index contributed by atoms with van der Waals surface area (Å²) in [6, 6.07) is 8.22. The summed E-state index contributed by atoms with van der Waals surface area (Å²) in [5.74, 6) is -1.95. The molecule has 0 saturated carbocycles. The Kier molecular flexibility index (Phi) is 7.15. The van der Waals surface area contributed by atoms with Gasteiger partial charge in [-0.1, -0.05) is 42.1 Å². The summed E-state index contributed by atoms with van der Waals surface area (Å²) in [6.07, 6.45) is -3.09. The van der Waals surface area contributed by atoms with Gasteiger partial charge in [0.2, 0.25) is 0 Å². The van der Waals surface area contributed by atoms with Gasteiger partial charge >= 0.3 is 12.1 Å². The van der Waals surface area contributed by atoms with Gasteiger partial charge in [-0.25, -0.2) is 9.78 Å². The smallest absolute Gasteiger partial charge is 0.422 e. The van der Waals surface area contributed by atoms with E-state index in [2.05, 4.69) is 4.98 Å². The third-order valence-electron chi connectivity index (χ3n) is 4.64. The van der Waals surface area contributed by atoms with Crippen molar-refractivity contribution in [3.8, 4) is 5.75 Å². The predicted molar refractivity (Wildman–Crippen MR) is 115 cm³/mol. The highest BCUT2D eigenvalue weighted by molar-refractivity contribution is 7.98. The maximum absolute atomic E-state index is 13.4. The number of hydrogen-bond donors (Lipinski definition) is 0. The number of benzene rings is 1. The number of ketones is 1. The van der Waals surface area contributed by atoms with Crippen molar-refractivity contribution in [2.75, 3.05) is 19.5 Å². The number of nitrogens with zero attached hydrogens (tertiary/aromatic N) is 3. The first-order chi connectivity index (χ1) is 15.6. The fourth-order valence-corrected chi connectivity index (χ4v) is 3.77. The number of hydrogen-bond acceptors (Lipinski definition) is 7. The molecule has 0 bridgehead atoms. The number of carbonyl (C=O) groups excluding carboxylic acids is 2. The number of rotatable bonds is 8. The van der Waals surface area contributed by atoms with E-state index in [0.29, 0.717) is 5.56 Å². The highest BCUT2D eigenvalue weighted by Crippen LogP contribution is 2.32. The minimum absolute atomic E-state index is 0.0433. The lowest BCUT2D eigenvalue weighted by molar-refractivity contribution is -0.153. The van der Waals surface area contributed by atoms with Gasteiger partial charge in [-0.15, -0.1) is 0 Å². The Bertz CT molecular complexity index is 1250. The average Bonchev–Trinajstić information content (AvgIpc) is 3.06. The molecule has 0 amide bonds. The van der Waals surface area contributed by atoms with E-state index in [-0.39, 0.29) is 28.5 Å². The minimum Gasteiger partial charge on any atom is -0.481 e. The number of ether oxygens (including phenoxy) is 2. The van der Waals surface area contributed by atoms with E-state index in [1.165, 1.54) is 14.0 Å². The summed E-state index contributed by atoms with van der Waals surface area (Å²) in [5.41, 5.74) is -0.893. The van der Waals surface area contributed by atoms with Crippen LogP contribution < -0.4 is 10.3 Å². The Balaban J connectivity index is 2.23. The first-order valence-corrected chi connectivity index (χ1v) is 10.9. The molecule has 12 heteroatoms. The quantitative estimate of drug-likeness (QED) is 0.210. The normalized spacial score (nSPS) is 11.6. The number of carbonyl (C=O) groups is 2. The molecular formula is C21H20F3N3O5S. The van der Waals surface area contributed by atoms with Gasteiger partial charge in [-0.2, -0.15) is 13.2 Å². The third-order valence-corrected chi connectivity index (χ3v) is 5.32. The lowest BCUT2D eigenvalue weighted by Crippen LogP contribution is -2.27. The van der Waals surface area contributed by atoms with Crippen molar-refractivity contribution in [1.82, 2.24) is 14.1 Å². The first-order valence-electron chi connectivity index (χ1n) is 9.71. The Morgan fingerprint density at radius 1 is 1.18 bits per heavy atom. The highest BCUT2D eigenvalue weighted by atomic mass is 32.2. The van der Waals surface area contributed by atoms with Crippen LogP contribution in [0.5, 0.6) is 5.75 Å².